The monoisotopic (exact) mass is 316 g/mol. The topological polar surface area (TPSA) is 109 Å². The molecule has 1 aromatic heterocycles. The van der Waals surface area contributed by atoms with E-state index in [0.717, 1.165) is 0 Å². The first-order chi connectivity index (χ1) is 11.0. The molecule has 0 aliphatic heterocycles. The SMILES string of the molecule is COOc1cc(O)c2c(=O)cc(-c3ccc(O)c(O)c3)oc2c1. The van der Waals surface area contributed by atoms with Crippen LogP contribution in [-0.2, 0) is 4.89 Å². The van der Waals surface area contributed by atoms with E-state index in [-0.39, 0.29) is 39.7 Å². The van der Waals surface area contributed by atoms with Gasteiger partial charge in [-0.15, -0.1) is 0 Å². The summed E-state index contributed by atoms with van der Waals surface area (Å²) in [7, 11) is 1.30. The molecule has 118 valence electrons. The summed E-state index contributed by atoms with van der Waals surface area (Å²) >= 11 is 0. The molecule has 0 amide bonds. The predicted molar refractivity (Wildman–Crippen MR) is 80.6 cm³/mol. The fraction of sp³-hybridized carbons (Fsp3) is 0.0625. The highest BCUT2D eigenvalue weighted by atomic mass is 17.2. The van der Waals surface area contributed by atoms with Gasteiger partial charge in [0.1, 0.15) is 22.5 Å². The number of phenols is 3. The van der Waals surface area contributed by atoms with Crippen LogP contribution < -0.4 is 10.3 Å². The summed E-state index contributed by atoms with van der Waals surface area (Å²) in [5, 5.41) is 28.8. The zero-order valence-corrected chi connectivity index (χ0v) is 11.9. The second kappa shape index (κ2) is 5.54. The van der Waals surface area contributed by atoms with Crippen molar-refractivity contribution in [2.24, 2.45) is 0 Å². The molecule has 2 aromatic carbocycles. The fourth-order valence-corrected chi connectivity index (χ4v) is 2.21. The lowest BCUT2D eigenvalue weighted by Crippen LogP contribution is -2.01. The summed E-state index contributed by atoms with van der Waals surface area (Å²) in [6.07, 6.45) is 0. The van der Waals surface area contributed by atoms with Crippen LogP contribution >= 0.6 is 0 Å². The van der Waals surface area contributed by atoms with Crippen LogP contribution in [0.15, 0.2) is 45.6 Å². The third kappa shape index (κ3) is 2.65. The molecule has 23 heavy (non-hydrogen) atoms. The number of phenolic OH excluding ortho intramolecular Hbond substituents is 3. The van der Waals surface area contributed by atoms with Gasteiger partial charge in [0.2, 0.25) is 0 Å². The Morgan fingerprint density at radius 1 is 0.957 bits per heavy atom. The smallest absolute Gasteiger partial charge is 0.197 e. The van der Waals surface area contributed by atoms with E-state index in [1.807, 2.05) is 0 Å². The Morgan fingerprint density at radius 2 is 1.74 bits per heavy atom. The number of hydrogen-bond acceptors (Lipinski definition) is 7. The van der Waals surface area contributed by atoms with Gasteiger partial charge in [0.15, 0.2) is 22.7 Å². The van der Waals surface area contributed by atoms with E-state index < -0.39 is 5.43 Å². The number of hydrogen-bond donors (Lipinski definition) is 3. The Bertz CT molecular complexity index is 943. The van der Waals surface area contributed by atoms with E-state index in [0.29, 0.717) is 5.56 Å². The normalized spacial score (nSPS) is 10.8. The molecule has 0 unspecified atom stereocenters. The van der Waals surface area contributed by atoms with Gasteiger partial charge in [-0.3, -0.25) is 4.79 Å². The molecule has 0 aliphatic rings. The minimum absolute atomic E-state index is 0.000188. The second-order valence-corrected chi connectivity index (χ2v) is 4.74. The first kappa shape index (κ1) is 14.7. The molecule has 0 saturated carbocycles. The summed E-state index contributed by atoms with van der Waals surface area (Å²) in [6.45, 7) is 0. The van der Waals surface area contributed by atoms with Crippen LogP contribution in [-0.4, -0.2) is 22.4 Å². The second-order valence-electron chi connectivity index (χ2n) is 4.74. The molecule has 0 bridgehead atoms. The molecule has 1 heterocycles. The zero-order chi connectivity index (χ0) is 16.6. The van der Waals surface area contributed by atoms with Gasteiger partial charge < -0.3 is 24.6 Å². The first-order valence-electron chi connectivity index (χ1n) is 6.53. The van der Waals surface area contributed by atoms with Crippen LogP contribution in [0.3, 0.4) is 0 Å². The third-order valence-corrected chi connectivity index (χ3v) is 3.22. The summed E-state index contributed by atoms with van der Waals surface area (Å²) in [6, 6.07) is 7.82. The molecule has 0 saturated heterocycles. The highest BCUT2D eigenvalue weighted by Crippen LogP contribution is 2.33. The van der Waals surface area contributed by atoms with Gasteiger partial charge in [-0.1, -0.05) is 0 Å². The van der Waals surface area contributed by atoms with E-state index in [4.69, 9.17) is 9.30 Å². The summed E-state index contributed by atoms with van der Waals surface area (Å²) in [5.41, 5.74) is 0.0132. The van der Waals surface area contributed by atoms with E-state index in [1.54, 1.807) is 0 Å². The molecular formula is C16H12O7. The zero-order valence-electron chi connectivity index (χ0n) is 11.9. The lowest BCUT2D eigenvalue weighted by Gasteiger charge is -2.07. The quantitative estimate of drug-likeness (QED) is 0.387. The van der Waals surface area contributed by atoms with Crippen LogP contribution in [0.2, 0.25) is 0 Å². The van der Waals surface area contributed by atoms with Crippen molar-refractivity contribution in [1.82, 2.24) is 0 Å². The molecule has 3 aromatic rings. The lowest BCUT2D eigenvalue weighted by atomic mass is 10.1. The molecule has 0 aliphatic carbocycles. The van der Waals surface area contributed by atoms with E-state index in [1.165, 1.54) is 43.5 Å². The molecule has 7 heteroatoms. The maximum Gasteiger partial charge on any atom is 0.197 e. The number of fused-ring (bicyclic) bond motifs is 1. The van der Waals surface area contributed by atoms with Crippen LogP contribution in [0, 0.1) is 0 Å². The fourth-order valence-electron chi connectivity index (χ4n) is 2.21. The summed E-state index contributed by atoms with van der Waals surface area (Å²) in [5.74, 6) is -0.614. The van der Waals surface area contributed by atoms with Gasteiger partial charge in [-0.25, -0.2) is 0 Å². The van der Waals surface area contributed by atoms with Crippen molar-refractivity contribution >= 4 is 11.0 Å². The third-order valence-electron chi connectivity index (χ3n) is 3.22. The standard InChI is InChI=1S/C16H12O7/c1-21-23-9-5-12(19)16-13(20)7-14(22-15(16)6-9)8-2-3-10(17)11(18)4-8/h2-7,17-19H,1H3. The predicted octanol–water partition coefficient (Wildman–Crippen LogP) is 2.52. The van der Waals surface area contributed by atoms with E-state index >= 15 is 0 Å². The Labute approximate surface area is 129 Å². The Kier molecular flexibility index (Phi) is 3.55. The minimum Gasteiger partial charge on any atom is -0.507 e. The largest absolute Gasteiger partial charge is 0.507 e. The molecule has 0 radical (unpaired) electrons. The van der Waals surface area contributed by atoms with Crippen molar-refractivity contribution in [3.05, 3.63) is 46.6 Å². The van der Waals surface area contributed by atoms with Gasteiger partial charge in [0.05, 0.1) is 7.11 Å². The average Bonchev–Trinajstić information content (AvgIpc) is 2.49. The van der Waals surface area contributed by atoms with Crippen molar-refractivity contribution in [2.75, 3.05) is 7.11 Å². The Morgan fingerprint density at radius 3 is 2.43 bits per heavy atom. The van der Waals surface area contributed by atoms with Gasteiger partial charge in [-0.05, 0) is 18.2 Å². The van der Waals surface area contributed by atoms with Gasteiger partial charge in [-0.2, -0.15) is 4.89 Å². The number of rotatable bonds is 3. The first-order valence-corrected chi connectivity index (χ1v) is 6.53. The molecule has 0 atom stereocenters. The number of aromatic hydroxyl groups is 3. The highest BCUT2D eigenvalue weighted by Gasteiger charge is 2.14. The van der Waals surface area contributed by atoms with Crippen molar-refractivity contribution in [3.8, 4) is 34.3 Å². The van der Waals surface area contributed by atoms with Gasteiger partial charge in [0.25, 0.3) is 0 Å². The molecule has 0 spiro atoms. The van der Waals surface area contributed by atoms with Gasteiger partial charge in [0, 0.05) is 23.8 Å². The average molecular weight is 316 g/mol. The maximum absolute atomic E-state index is 12.2. The minimum atomic E-state index is -0.463. The highest BCUT2D eigenvalue weighted by molar-refractivity contribution is 5.86. The molecule has 3 rings (SSSR count). The molecular weight excluding hydrogens is 304 g/mol. The van der Waals surface area contributed by atoms with Crippen molar-refractivity contribution in [2.45, 2.75) is 0 Å². The van der Waals surface area contributed by atoms with Crippen LogP contribution in [0.4, 0.5) is 0 Å². The summed E-state index contributed by atoms with van der Waals surface area (Å²) < 4.78 is 5.60. The van der Waals surface area contributed by atoms with Crippen molar-refractivity contribution in [3.63, 3.8) is 0 Å². The van der Waals surface area contributed by atoms with Crippen molar-refractivity contribution in [1.29, 1.82) is 0 Å². The van der Waals surface area contributed by atoms with Gasteiger partial charge >= 0.3 is 0 Å². The molecule has 7 nitrogen and oxygen atoms in total. The lowest BCUT2D eigenvalue weighted by molar-refractivity contribution is -0.178. The van der Waals surface area contributed by atoms with Crippen LogP contribution in [0.1, 0.15) is 0 Å². The molecule has 0 fully saturated rings. The molecule has 3 N–H and O–H groups in total. The van der Waals surface area contributed by atoms with Crippen molar-refractivity contribution < 1.29 is 29.5 Å². The summed E-state index contributed by atoms with van der Waals surface area (Å²) in [4.78, 5) is 21.5. The number of benzene rings is 2. The Hall–Kier alpha value is -3.19. The maximum atomic E-state index is 12.2. The van der Waals surface area contributed by atoms with Crippen LogP contribution in [0.25, 0.3) is 22.3 Å². The van der Waals surface area contributed by atoms with Crippen LogP contribution in [0.5, 0.6) is 23.0 Å². The van der Waals surface area contributed by atoms with E-state index in [2.05, 4.69) is 4.89 Å². The Balaban J connectivity index is 2.23. The van der Waals surface area contributed by atoms with E-state index in [9.17, 15) is 20.1 Å².